The van der Waals surface area contributed by atoms with Crippen molar-refractivity contribution >= 4 is 0 Å². The fraction of sp³-hybridized carbons (Fsp3) is 1.00. The molecule has 0 aromatic heterocycles. The fourth-order valence-corrected chi connectivity index (χ4v) is 2.37. The maximum absolute atomic E-state index is 11.8. The number of rotatable bonds is 5. The van der Waals surface area contributed by atoms with E-state index in [1.807, 2.05) is 0 Å². The first-order valence-corrected chi connectivity index (χ1v) is 6.28. The van der Waals surface area contributed by atoms with Gasteiger partial charge in [-0.3, -0.25) is 0 Å². The van der Waals surface area contributed by atoms with Gasteiger partial charge in [0, 0.05) is 12.6 Å². The summed E-state index contributed by atoms with van der Waals surface area (Å²) in [6.07, 6.45) is -0.645. The molecule has 1 fully saturated rings. The highest BCUT2D eigenvalue weighted by Crippen LogP contribution is 2.29. The van der Waals surface area contributed by atoms with Crippen LogP contribution >= 0.6 is 0 Å². The molecule has 1 rings (SSSR count). The minimum absolute atomic E-state index is 0.122. The van der Waals surface area contributed by atoms with E-state index in [4.69, 9.17) is 0 Å². The van der Waals surface area contributed by atoms with Gasteiger partial charge in [-0.05, 0) is 18.3 Å². The maximum Gasteiger partial charge on any atom is 0.411 e. The van der Waals surface area contributed by atoms with Gasteiger partial charge >= 0.3 is 6.18 Å². The Kier molecular flexibility index (Phi) is 5.73. The Morgan fingerprint density at radius 2 is 1.94 bits per heavy atom. The SMILES string of the molecule is CC1CCCC(NCCOCC(F)(F)F)C1C. The molecule has 17 heavy (non-hydrogen) atoms. The second kappa shape index (κ2) is 6.59. The van der Waals surface area contributed by atoms with Gasteiger partial charge in [-0.25, -0.2) is 0 Å². The van der Waals surface area contributed by atoms with E-state index in [-0.39, 0.29) is 6.61 Å². The van der Waals surface area contributed by atoms with Crippen molar-refractivity contribution in [2.24, 2.45) is 11.8 Å². The monoisotopic (exact) mass is 253 g/mol. The van der Waals surface area contributed by atoms with Gasteiger partial charge in [0.25, 0.3) is 0 Å². The normalized spacial score (nSPS) is 30.5. The van der Waals surface area contributed by atoms with E-state index < -0.39 is 12.8 Å². The number of ether oxygens (including phenoxy) is 1. The van der Waals surface area contributed by atoms with Gasteiger partial charge in [-0.1, -0.05) is 26.7 Å². The van der Waals surface area contributed by atoms with Crippen LogP contribution in [0.3, 0.4) is 0 Å². The molecule has 3 unspecified atom stereocenters. The predicted molar refractivity (Wildman–Crippen MR) is 60.8 cm³/mol. The molecular weight excluding hydrogens is 231 g/mol. The van der Waals surface area contributed by atoms with Gasteiger partial charge in [0.2, 0.25) is 0 Å². The lowest BCUT2D eigenvalue weighted by atomic mass is 9.78. The summed E-state index contributed by atoms with van der Waals surface area (Å²) in [7, 11) is 0. The molecule has 1 N–H and O–H groups in total. The molecule has 2 nitrogen and oxygen atoms in total. The molecule has 102 valence electrons. The molecule has 0 heterocycles. The van der Waals surface area contributed by atoms with Gasteiger partial charge in [-0.2, -0.15) is 13.2 Å². The van der Waals surface area contributed by atoms with E-state index >= 15 is 0 Å². The van der Waals surface area contributed by atoms with Gasteiger partial charge in [-0.15, -0.1) is 0 Å². The summed E-state index contributed by atoms with van der Waals surface area (Å²) >= 11 is 0. The minimum Gasteiger partial charge on any atom is -0.371 e. The highest BCUT2D eigenvalue weighted by molar-refractivity contribution is 4.81. The van der Waals surface area contributed by atoms with E-state index in [0.29, 0.717) is 24.4 Å². The molecule has 0 spiro atoms. The third-order valence-corrected chi connectivity index (χ3v) is 3.63. The van der Waals surface area contributed by atoms with Crippen molar-refractivity contribution in [2.75, 3.05) is 19.8 Å². The Labute approximate surface area is 101 Å². The van der Waals surface area contributed by atoms with Crippen molar-refractivity contribution in [3.05, 3.63) is 0 Å². The first kappa shape index (κ1) is 14.8. The highest BCUT2D eigenvalue weighted by Gasteiger charge is 2.28. The molecule has 0 bridgehead atoms. The van der Waals surface area contributed by atoms with Crippen LogP contribution in [0.1, 0.15) is 33.1 Å². The third kappa shape index (κ3) is 5.73. The first-order chi connectivity index (χ1) is 7.90. The molecular formula is C12H22F3NO. The second-order valence-electron chi connectivity index (χ2n) is 5.00. The number of hydrogen-bond donors (Lipinski definition) is 1. The van der Waals surface area contributed by atoms with Gasteiger partial charge in [0.1, 0.15) is 6.61 Å². The number of halogens is 3. The van der Waals surface area contributed by atoms with Crippen LogP contribution in [-0.2, 0) is 4.74 Å². The first-order valence-electron chi connectivity index (χ1n) is 6.28. The van der Waals surface area contributed by atoms with Crippen LogP contribution in [0.15, 0.2) is 0 Å². The summed E-state index contributed by atoms with van der Waals surface area (Å²) < 4.78 is 40.0. The van der Waals surface area contributed by atoms with Crippen molar-refractivity contribution in [2.45, 2.75) is 45.3 Å². The Morgan fingerprint density at radius 1 is 1.24 bits per heavy atom. The number of alkyl halides is 3. The standard InChI is InChI=1S/C12H22F3NO/c1-9-4-3-5-11(10(9)2)16-6-7-17-8-12(13,14)15/h9-11,16H,3-8H2,1-2H3. The van der Waals surface area contributed by atoms with Gasteiger partial charge in [0.05, 0.1) is 6.61 Å². The van der Waals surface area contributed by atoms with E-state index in [1.165, 1.54) is 12.8 Å². The second-order valence-corrected chi connectivity index (χ2v) is 5.00. The molecule has 1 aliphatic carbocycles. The summed E-state index contributed by atoms with van der Waals surface area (Å²) in [5.74, 6) is 1.28. The van der Waals surface area contributed by atoms with E-state index in [9.17, 15) is 13.2 Å². The quantitative estimate of drug-likeness (QED) is 0.761. The third-order valence-electron chi connectivity index (χ3n) is 3.63. The minimum atomic E-state index is -4.22. The van der Waals surface area contributed by atoms with Crippen molar-refractivity contribution in [3.8, 4) is 0 Å². The van der Waals surface area contributed by atoms with Gasteiger partial charge < -0.3 is 10.1 Å². The van der Waals surface area contributed by atoms with Gasteiger partial charge in [0.15, 0.2) is 0 Å². The summed E-state index contributed by atoms with van der Waals surface area (Å²) in [6, 6.07) is 0.424. The van der Waals surface area contributed by atoms with Crippen molar-refractivity contribution in [1.29, 1.82) is 0 Å². The molecule has 0 amide bonds. The zero-order valence-electron chi connectivity index (χ0n) is 10.5. The number of hydrogen-bond acceptors (Lipinski definition) is 2. The molecule has 0 aromatic rings. The molecule has 3 atom stereocenters. The van der Waals surface area contributed by atoms with Crippen LogP contribution < -0.4 is 5.32 Å². The van der Waals surface area contributed by atoms with Crippen LogP contribution in [0.25, 0.3) is 0 Å². The van der Waals surface area contributed by atoms with E-state index in [2.05, 4.69) is 23.9 Å². The van der Waals surface area contributed by atoms with Crippen LogP contribution in [0.5, 0.6) is 0 Å². The molecule has 5 heteroatoms. The summed E-state index contributed by atoms with van der Waals surface area (Å²) in [6.45, 7) is 3.91. The highest BCUT2D eigenvalue weighted by atomic mass is 19.4. The summed E-state index contributed by atoms with van der Waals surface area (Å²) in [5, 5.41) is 3.30. The maximum atomic E-state index is 11.8. The molecule has 0 radical (unpaired) electrons. The van der Waals surface area contributed by atoms with E-state index in [1.54, 1.807) is 0 Å². The zero-order chi connectivity index (χ0) is 12.9. The topological polar surface area (TPSA) is 21.3 Å². The van der Waals surface area contributed by atoms with Crippen LogP contribution in [0, 0.1) is 11.8 Å². The molecule has 0 saturated heterocycles. The van der Waals surface area contributed by atoms with E-state index in [0.717, 1.165) is 6.42 Å². The fourth-order valence-electron chi connectivity index (χ4n) is 2.37. The van der Waals surface area contributed by atoms with Crippen LogP contribution in [0.2, 0.25) is 0 Å². The zero-order valence-corrected chi connectivity index (χ0v) is 10.5. The molecule has 0 aliphatic heterocycles. The van der Waals surface area contributed by atoms with Crippen molar-refractivity contribution in [1.82, 2.24) is 5.32 Å². The molecule has 1 saturated carbocycles. The number of nitrogens with one attached hydrogen (secondary N) is 1. The molecule has 0 aromatic carbocycles. The Balaban J connectivity index is 2.10. The Morgan fingerprint density at radius 3 is 2.59 bits per heavy atom. The lowest BCUT2D eigenvalue weighted by molar-refractivity contribution is -0.173. The predicted octanol–water partition coefficient (Wildman–Crippen LogP) is 2.98. The molecule has 1 aliphatic rings. The average Bonchev–Trinajstić information content (AvgIpc) is 2.22. The summed E-state index contributed by atoms with van der Waals surface area (Å²) in [4.78, 5) is 0. The smallest absolute Gasteiger partial charge is 0.371 e. The van der Waals surface area contributed by atoms with Crippen LogP contribution in [-0.4, -0.2) is 32.0 Å². The summed E-state index contributed by atoms with van der Waals surface area (Å²) in [5.41, 5.74) is 0. The van der Waals surface area contributed by atoms with Crippen LogP contribution in [0.4, 0.5) is 13.2 Å². The lowest BCUT2D eigenvalue weighted by Crippen LogP contribution is -2.42. The van der Waals surface area contributed by atoms with Crippen molar-refractivity contribution < 1.29 is 17.9 Å². The van der Waals surface area contributed by atoms with Crippen molar-refractivity contribution in [3.63, 3.8) is 0 Å². The Hall–Kier alpha value is -0.290. The lowest BCUT2D eigenvalue weighted by Gasteiger charge is -2.34. The largest absolute Gasteiger partial charge is 0.411 e. The average molecular weight is 253 g/mol. The Bertz CT molecular complexity index is 220.